The van der Waals surface area contributed by atoms with Gasteiger partial charge in [-0.25, -0.2) is 9.59 Å². The highest BCUT2D eigenvalue weighted by molar-refractivity contribution is 5.96. The van der Waals surface area contributed by atoms with Crippen molar-refractivity contribution in [2.24, 2.45) is 0 Å². The van der Waals surface area contributed by atoms with Gasteiger partial charge in [0.25, 0.3) is 0 Å². The number of aliphatic carboxylic acids is 1. The Morgan fingerprint density at radius 1 is 1.24 bits per heavy atom. The number of rotatable bonds is 1. The van der Waals surface area contributed by atoms with E-state index in [1.807, 2.05) is 24.3 Å². The highest BCUT2D eigenvalue weighted by Gasteiger charge is 2.41. The number of carboxylic acid groups (broad SMARTS) is 1. The van der Waals surface area contributed by atoms with Gasteiger partial charge in [0.1, 0.15) is 6.04 Å². The van der Waals surface area contributed by atoms with Gasteiger partial charge >= 0.3 is 12.0 Å². The van der Waals surface area contributed by atoms with Crippen molar-refractivity contribution in [1.29, 1.82) is 0 Å². The second-order valence-electron chi connectivity index (χ2n) is 5.56. The third-order valence-corrected chi connectivity index (χ3v) is 4.15. The predicted octanol–water partition coefficient (Wildman–Crippen LogP) is 1.08. The fourth-order valence-corrected chi connectivity index (χ4v) is 3.15. The van der Waals surface area contributed by atoms with E-state index in [2.05, 4.69) is 0 Å². The second kappa shape index (κ2) is 5.37. The smallest absolute Gasteiger partial charge is 0.326 e. The molecule has 21 heavy (non-hydrogen) atoms. The molecule has 1 aromatic carbocycles. The van der Waals surface area contributed by atoms with Gasteiger partial charge in [0.05, 0.1) is 6.10 Å². The maximum absolute atomic E-state index is 12.7. The van der Waals surface area contributed by atoms with Crippen molar-refractivity contribution in [2.45, 2.75) is 31.4 Å². The molecule has 2 heterocycles. The Morgan fingerprint density at radius 2 is 2.00 bits per heavy atom. The van der Waals surface area contributed by atoms with Gasteiger partial charge in [-0.2, -0.15) is 0 Å². The molecule has 1 saturated heterocycles. The monoisotopic (exact) mass is 290 g/mol. The van der Waals surface area contributed by atoms with Gasteiger partial charge in [0.2, 0.25) is 0 Å². The Kier molecular flexibility index (Phi) is 3.55. The van der Waals surface area contributed by atoms with E-state index in [0.717, 1.165) is 24.1 Å². The molecular formula is C15H18N2O4. The van der Waals surface area contributed by atoms with Crippen LogP contribution in [-0.2, 0) is 11.2 Å². The zero-order valence-electron chi connectivity index (χ0n) is 11.6. The fourth-order valence-electron chi connectivity index (χ4n) is 3.15. The standard InChI is InChI=1S/C15H18N2O4/c18-11-8-13(14(19)20)17(9-11)15(21)16-7-3-5-10-4-1-2-6-12(10)16/h1-2,4,6,11,13,18H,3,5,7-9H2,(H,19,20)/t11?,13-/m0/s1. The summed E-state index contributed by atoms with van der Waals surface area (Å²) in [6.45, 7) is 0.656. The molecule has 3 rings (SSSR count). The van der Waals surface area contributed by atoms with Gasteiger partial charge in [-0.1, -0.05) is 18.2 Å². The molecule has 2 aliphatic heterocycles. The van der Waals surface area contributed by atoms with E-state index in [4.69, 9.17) is 0 Å². The van der Waals surface area contributed by atoms with E-state index in [-0.39, 0.29) is 19.0 Å². The summed E-state index contributed by atoms with van der Waals surface area (Å²) in [5, 5.41) is 18.9. The molecule has 2 amide bonds. The lowest BCUT2D eigenvalue weighted by atomic mass is 10.0. The highest BCUT2D eigenvalue weighted by Crippen LogP contribution is 2.29. The fraction of sp³-hybridized carbons (Fsp3) is 0.467. The van der Waals surface area contributed by atoms with Crippen LogP contribution in [0.2, 0.25) is 0 Å². The Balaban J connectivity index is 1.87. The number of urea groups is 1. The average Bonchev–Trinajstić information content (AvgIpc) is 2.88. The summed E-state index contributed by atoms with van der Waals surface area (Å²) in [7, 11) is 0. The molecule has 0 spiro atoms. The number of benzene rings is 1. The molecular weight excluding hydrogens is 272 g/mol. The number of aliphatic hydroxyl groups excluding tert-OH is 1. The predicted molar refractivity (Wildman–Crippen MR) is 76.3 cm³/mol. The minimum atomic E-state index is -1.06. The van der Waals surface area contributed by atoms with Crippen molar-refractivity contribution >= 4 is 17.7 Å². The number of carbonyl (C=O) groups excluding carboxylic acids is 1. The van der Waals surface area contributed by atoms with Gasteiger partial charge in [0, 0.05) is 25.2 Å². The SMILES string of the molecule is O=C(O)[C@@H]1CC(O)CN1C(=O)N1CCCc2ccccc21. The van der Waals surface area contributed by atoms with Crippen molar-refractivity contribution in [3.8, 4) is 0 Å². The lowest BCUT2D eigenvalue weighted by molar-refractivity contribution is -0.141. The Hall–Kier alpha value is -2.08. The summed E-state index contributed by atoms with van der Waals surface area (Å²) in [6.07, 6.45) is 1.10. The van der Waals surface area contributed by atoms with Crippen molar-refractivity contribution in [3.05, 3.63) is 29.8 Å². The minimum Gasteiger partial charge on any atom is -0.480 e. The summed E-state index contributed by atoms with van der Waals surface area (Å²) in [6, 6.07) is 6.41. The van der Waals surface area contributed by atoms with Crippen LogP contribution in [0.1, 0.15) is 18.4 Å². The third kappa shape index (κ3) is 2.47. The average molecular weight is 290 g/mol. The Labute approximate surface area is 122 Å². The van der Waals surface area contributed by atoms with E-state index in [1.165, 1.54) is 4.90 Å². The van der Waals surface area contributed by atoms with E-state index in [1.54, 1.807) is 4.90 Å². The molecule has 0 saturated carbocycles. The Morgan fingerprint density at radius 3 is 2.76 bits per heavy atom. The van der Waals surface area contributed by atoms with Crippen LogP contribution in [0.5, 0.6) is 0 Å². The van der Waals surface area contributed by atoms with E-state index < -0.39 is 18.1 Å². The first-order valence-corrected chi connectivity index (χ1v) is 7.15. The largest absolute Gasteiger partial charge is 0.480 e. The van der Waals surface area contributed by atoms with Gasteiger partial charge in [-0.3, -0.25) is 4.90 Å². The van der Waals surface area contributed by atoms with Gasteiger partial charge in [0.15, 0.2) is 0 Å². The molecule has 2 aliphatic rings. The maximum Gasteiger partial charge on any atom is 0.326 e. The molecule has 0 aliphatic carbocycles. The second-order valence-corrected chi connectivity index (χ2v) is 5.56. The molecule has 0 aromatic heterocycles. The number of fused-ring (bicyclic) bond motifs is 1. The number of carbonyl (C=O) groups is 2. The zero-order chi connectivity index (χ0) is 15.0. The summed E-state index contributed by atoms with van der Waals surface area (Å²) >= 11 is 0. The zero-order valence-corrected chi connectivity index (χ0v) is 11.6. The third-order valence-electron chi connectivity index (χ3n) is 4.15. The first-order chi connectivity index (χ1) is 10.1. The summed E-state index contributed by atoms with van der Waals surface area (Å²) in [5.74, 6) is -1.06. The number of hydrogen-bond donors (Lipinski definition) is 2. The number of amides is 2. The number of aliphatic hydroxyl groups is 1. The molecule has 112 valence electrons. The minimum absolute atomic E-state index is 0.0778. The van der Waals surface area contributed by atoms with Crippen molar-refractivity contribution in [3.63, 3.8) is 0 Å². The topological polar surface area (TPSA) is 81.1 Å². The van der Waals surface area contributed by atoms with Crippen molar-refractivity contribution in [2.75, 3.05) is 18.0 Å². The van der Waals surface area contributed by atoms with E-state index in [0.29, 0.717) is 6.54 Å². The van der Waals surface area contributed by atoms with Crippen LogP contribution in [0, 0.1) is 0 Å². The van der Waals surface area contributed by atoms with Crippen LogP contribution in [0.15, 0.2) is 24.3 Å². The number of carboxylic acids is 1. The molecule has 0 radical (unpaired) electrons. The molecule has 6 nitrogen and oxygen atoms in total. The molecule has 1 fully saturated rings. The normalized spacial score (nSPS) is 24.8. The maximum atomic E-state index is 12.7. The number of β-amino-alcohol motifs (C(OH)–C–C–N with tert-alkyl or cyclic N) is 1. The lowest BCUT2D eigenvalue weighted by Gasteiger charge is -2.34. The number of nitrogens with zero attached hydrogens (tertiary/aromatic N) is 2. The highest BCUT2D eigenvalue weighted by atomic mass is 16.4. The summed E-state index contributed by atoms with van der Waals surface area (Å²) in [5.41, 5.74) is 1.95. The van der Waals surface area contributed by atoms with Crippen LogP contribution in [0.4, 0.5) is 10.5 Å². The number of aryl methyl sites for hydroxylation is 1. The van der Waals surface area contributed by atoms with Gasteiger partial charge in [-0.05, 0) is 24.5 Å². The molecule has 0 bridgehead atoms. The number of anilines is 1. The number of likely N-dealkylation sites (tertiary alicyclic amines) is 1. The molecule has 1 aromatic rings. The van der Waals surface area contributed by atoms with Crippen molar-refractivity contribution in [1.82, 2.24) is 4.90 Å². The molecule has 2 atom stereocenters. The van der Waals surface area contributed by atoms with Gasteiger partial charge < -0.3 is 15.1 Å². The van der Waals surface area contributed by atoms with Crippen LogP contribution >= 0.6 is 0 Å². The lowest BCUT2D eigenvalue weighted by Crippen LogP contribution is -2.49. The molecule has 6 heteroatoms. The number of hydrogen-bond acceptors (Lipinski definition) is 3. The van der Waals surface area contributed by atoms with Crippen molar-refractivity contribution < 1.29 is 19.8 Å². The van der Waals surface area contributed by atoms with Crippen LogP contribution in [-0.4, -0.2) is 52.3 Å². The van der Waals surface area contributed by atoms with Crippen LogP contribution < -0.4 is 4.90 Å². The first kappa shape index (κ1) is 13.9. The molecule has 2 N–H and O–H groups in total. The number of para-hydroxylation sites is 1. The quantitative estimate of drug-likeness (QED) is 0.811. The van der Waals surface area contributed by atoms with Gasteiger partial charge in [-0.15, -0.1) is 0 Å². The summed E-state index contributed by atoms with van der Waals surface area (Å²) in [4.78, 5) is 26.9. The summed E-state index contributed by atoms with van der Waals surface area (Å²) < 4.78 is 0. The van der Waals surface area contributed by atoms with E-state index >= 15 is 0 Å². The van der Waals surface area contributed by atoms with Crippen LogP contribution in [0.3, 0.4) is 0 Å². The Bertz CT molecular complexity index is 575. The first-order valence-electron chi connectivity index (χ1n) is 7.15. The van der Waals surface area contributed by atoms with E-state index in [9.17, 15) is 19.8 Å². The molecule has 1 unspecified atom stereocenters. The van der Waals surface area contributed by atoms with Crippen LogP contribution in [0.25, 0.3) is 0 Å².